The number of thiazole rings is 1. The molecule has 1 aromatic carbocycles. The summed E-state index contributed by atoms with van der Waals surface area (Å²) in [6.07, 6.45) is 0. The molecule has 0 radical (unpaired) electrons. The number of hydrogen-bond donors (Lipinski definition) is 1. The summed E-state index contributed by atoms with van der Waals surface area (Å²) < 4.78 is 7.84. The number of para-hydroxylation sites is 1. The maximum atomic E-state index is 12.0. The summed E-state index contributed by atoms with van der Waals surface area (Å²) in [6, 6.07) is 9.51. The first-order valence-electron chi connectivity index (χ1n) is 7.46. The van der Waals surface area contributed by atoms with E-state index in [0.717, 1.165) is 10.2 Å². The lowest BCUT2D eigenvalue weighted by molar-refractivity contribution is -0.115. The predicted molar refractivity (Wildman–Crippen MR) is 98.6 cm³/mol. The van der Waals surface area contributed by atoms with Crippen LogP contribution in [0.3, 0.4) is 0 Å². The van der Waals surface area contributed by atoms with Crippen molar-refractivity contribution < 1.29 is 14.1 Å². The molecule has 0 saturated heterocycles. The van der Waals surface area contributed by atoms with Crippen LogP contribution in [0.2, 0.25) is 0 Å². The Kier molecular flexibility index (Phi) is 5.34. The van der Waals surface area contributed by atoms with E-state index in [9.17, 15) is 9.59 Å². The van der Waals surface area contributed by atoms with Crippen LogP contribution in [0.15, 0.2) is 39.8 Å². The first kappa shape index (κ1) is 17.4. The maximum Gasteiger partial charge on any atom is 0.258 e. The zero-order chi connectivity index (χ0) is 17.8. The van der Waals surface area contributed by atoms with E-state index < -0.39 is 0 Å². The average molecular weight is 376 g/mol. The minimum Gasteiger partial charge on any atom is -0.360 e. The first-order valence-corrected chi connectivity index (χ1v) is 9.43. The number of rotatable bonds is 5. The van der Waals surface area contributed by atoms with Crippen molar-refractivity contribution in [1.82, 2.24) is 9.72 Å². The van der Waals surface area contributed by atoms with Crippen LogP contribution in [0.4, 0.5) is 5.82 Å². The highest BCUT2D eigenvalue weighted by atomic mass is 32.2. The Hall–Kier alpha value is -2.39. The molecule has 2 heterocycles. The number of fused-ring (bicyclic) bond motifs is 1. The van der Waals surface area contributed by atoms with E-state index in [1.165, 1.54) is 23.1 Å². The Balaban J connectivity index is 1.55. The van der Waals surface area contributed by atoms with Gasteiger partial charge in [-0.05, 0) is 19.1 Å². The number of nitrogens with one attached hydrogen (secondary N) is 1. The van der Waals surface area contributed by atoms with Crippen LogP contribution in [-0.2, 0) is 16.6 Å². The average Bonchev–Trinajstić information content (AvgIpc) is 3.11. The molecule has 0 saturated carbocycles. The topological polar surface area (TPSA) is 89.5 Å². The summed E-state index contributed by atoms with van der Waals surface area (Å²) in [5.74, 6) is 0.769. The Morgan fingerprint density at radius 3 is 2.88 bits per heavy atom. The third kappa shape index (κ3) is 4.37. The number of carbonyl (C=O) groups excluding carboxylic acids is 2. The molecule has 25 heavy (non-hydrogen) atoms. The molecule has 0 bridgehead atoms. The minimum absolute atomic E-state index is 0.138. The van der Waals surface area contributed by atoms with Crippen LogP contribution >= 0.6 is 23.1 Å². The van der Waals surface area contributed by atoms with Gasteiger partial charge in [-0.15, -0.1) is 11.8 Å². The number of carbonyl (C=O) groups is 2. The first-order chi connectivity index (χ1) is 12.0. The molecule has 0 atom stereocenters. The summed E-state index contributed by atoms with van der Waals surface area (Å²) in [5, 5.41) is 6.29. The molecule has 0 spiro atoms. The van der Waals surface area contributed by atoms with Gasteiger partial charge in [-0.2, -0.15) is 4.99 Å². The van der Waals surface area contributed by atoms with Crippen LogP contribution in [0.5, 0.6) is 0 Å². The van der Waals surface area contributed by atoms with Crippen molar-refractivity contribution >= 4 is 50.9 Å². The standard InChI is InChI=1S/C16H16N4O3S2/c1-10-7-13(19-23-10)17-14(21)8-24-9-15(22)18-16-20(2)11-5-3-4-6-12(11)25-16/h3-7H,8-9H2,1-2H3,(H,17,19,21). The van der Waals surface area contributed by atoms with Crippen molar-refractivity contribution in [3.63, 3.8) is 0 Å². The van der Waals surface area contributed by atoms with Crippen molar-refractivity contribution in [2.45, 2.75) is 6.92 Å². The summed E-state index contributed by atoms with van der Waals surface area (Å²) in [6.45, 7) is 1.74. The normalized spacial score (nSPS) is 11.8. The molecule has 7 nitrogen and oxygen atoms in total. The zero-order valence-electron chi connectivity index (χ0n) is 13.7. The minimum atomic E-state index is -0.266. The molecule has 1 N–H and O–H groups in total. The van der Waals surface area contributed by atoms with Gasteiger partial charge in [0.25, 0.3) is 5.91 Å². The molecule has 0 aliphatic rings. The summed E-state index contributed by atoms with van der Waals surface area (Å²) in [7, 11) is 1.88. The van der Waals surface area contributed by atoms with Crippen molar-refractivity contribution in [3.8, 4) is 0 Å². The number of hydrogen-bond acceptors (Lipinski definition) is 6. The van der Waals surface area contributed by atoms with Gasteiger partial charge in [-0.1, -0.05) is 28.6 Å². The molecule has 0 aliphatic carbocycles. The quantitative estimate of drug-likeness (QED) is 0.738. The molecule has 0 aliphatic heterocycles. The monoisotopic (exact) mass is 376 g/mol. The smallest absolute Gasteiger partial charge is 0.258 e. The fraction of sp³-hybridized carbons (Fsp3) is 0.250. The molecule has 2 aromatic heterocycles. The Morgan fingerprint density at radius 1 is 1.36 bits per heavy atom. The molecular formula is C16H16N4O3S2. The number of benzene rings is 1. The number of aromatic nitrogens is 2. The van der Waals surface area contributed by atoms with Gasteiger partial charge in [0.2, 0.25) is 5.91 Å². The number of aryl methyl sites for hydroxylation is 2. The fourth-order valence-electron chi connectivity index (χ4n) is 2.16. The second-order valence-electron chi connectivity index (χ2n) is 5.28. The van der Waals surface area contributed by atoms with E-state index in [0.29, 0.717) is 16.4 Å². The third-order valence-electron chi connectivity index (χ3n) is 3.29. The zero-order valence-corrected chi connectivity index (χ0v) is 15.3. The van der Waals surface area contributed by atoms with E-state index in [-0.39, 0.29) is 23.3 Å². The Labute approximate surface area is 151 Å². The van der Waals surface area contributed by atoms with E-state index in [4.69, 9.17) is 4.52 Å². The van der Waals surface area contributed by atoms with E-state index >= 15 is 0 Å². The Morgan fingerprint density at radius 2 is 2.16 bits per heavy atom. The fourth-order valence-corrected chi connectivity index (χ4v) is 3.80. The molecular weight excluding hydrogens is 360 g/mol. The van der Waals surface area contributed by atoms with E-state index in [2.05, 4.69) is 15.5 Å². The highest BCUT2D eigenvalue weighted by Gasteiger charge is 2.09. The number of thioether (sulfide) groups is 1. The van der Waals surface area contributed by atoms with Gasteiger partial charge in [-0.3, -0.25) is 9.59 Å². The number of anilines is 1. The highest BCUT2D eigenvalue weighted by molar-refractivity contribution is 8.00. The molecule has 3 rings (SSSR count). The lowest BCUT2D eigenvalue weighted by atomic mass is 10.3. The maximum absolute atomic E-state index is 12.0. The van der Waals surface area contributed by atoms with Crippen LogP contribution in [-0.4, -0.2) is 33.0 Å². The summed E-state index contributed by atoms with van der Waals surface area (Å²) in [4.78, 5) is 28.6. The predicted octanol–water partition coefficient (Wildman–Crippen LogP) is 2.34. The molecule has 130 valence electrons. The molecule has 9 heteroatoms. The van der Waals surface area contributed by atoms with Crippen molar-refractivity contribution in [2.75, 3.05) is 16.8 Å². The van der Waals surface area contributed by atoms with E-state index in [1.54, 1.807) is 13.0 Å². The second-order valence-corrected chi connectivity index (χ2v) is 7.28. The lowest BCUT2D eigenvalue weighted by Crippen LogP contribution is -2.17. The molecule has 2 amide bonds. The van der Waals surface area contributed by atoms with Crippen molar-refractivity contribution in [2.24, 2.45) is 12.0 Å². The highest BCUT2D eigenvalue weighted by Crippen LogP contribution is 2.15. The van der Waals surface area contributed by atoms with Gasteiger partial charge >= 0.3 is 0 Å². The SMILES string of the molecule is Cc1cc(NC(=O)CSCC(=O)N=c2sc3ccccc3n2C)no1. The molecule has 3 aromatic rings. The third-order valence-corrected chi connectivity index (χ3v) is 5.32. The van der Waals surface area contributed by atoms with Gasteiger partial charge in [0.05, 0.1) is 21.7 Å². The summed E-state index contributed by atoms with van der Waals surface area (Å²) >= 11 is 2.67. The van der Waals surface area contributed by atoms with Crippen LogP contribution < -0.4 is 10.1 Å². The second kappa shape index (κ2) is 7.66. The van der Waals surface area contributed by atoms with Gasteiger partial charge < -0.3 is 14.4 Å². The number of nitrogens with zero attached hydrogens (tertiary/aromatic N) is 3. The Bertz CT molecular complexity index is 987. The number of amides is 2. The molecule has 0 fully saturated rings. The molecule has 0 unspecified atom stereocenters. The van der Waals surface area contributed by atoms with Crippen LogP contribution in [0, 0.1) is 6.92 Å². The van der Waals surface area contributed by atoms with Crippen molar-refractivity contribution in [3.05, 3.63) is 40.9 Å². The van der Waals surface area contributed by atoms with Crippen molar-refractivity contribution in [1.29, 1.82) is 0 Å². The van der Waals surface area contributed by atoms with Gasteiger partial charge in [-0.25, -0.2) is 0 Å². The van der Waals surface area contributed by atoms with Crippen LogP contribution in [0.25, 0.3) is 10.2 Å². The van der Waals surface area contributed by atoms with Crippen LogP contribution in [0.1, 0.15) is 5.76 Å². The largest absolute Gasteiger partial charge is 0.360 e. The van der Waals surface area contributed by atoms with Gasteiger partial charge in [0, 0.05) is 13.1 Å². The summed E-state index contributed by atoms with van der Waals surface area (Å²) in [5.41, 5.74) is 1.04. The van der Waals surface area contributed by atoms with E-state index in [1.807, 2.05) is 35.9 Å². The lowest BCUT2D eigenvalue weighted by Gasteiger charge is -1.99. The van der Waals surface area contributed by atoms with Gasteiger partial charge in [0.15, 0.2) is 10.6 Å². The van der Waals surface area contributed by atoms with Gasteiger partial charge in [0.1, 0.15) is 5.76 Å².